The molecular weight excluding hydrogens is 697 g/mol. The third-order valence-corrected chi connectivity index (χ3v) is 11.7. The van der Waals surface area contributed by atoms with Crippen LogP contribution in [-0.4, -0.2) is 37.2 Å². The molecule has 0 heterocycles. The minimum atomic E-state index is -0.759. The maximum absolute atomic E-state index is 12.7. The number of rotatable bonds is 45. The van der Waals surface area contributed by atoms with Crippen LogP contribution in [0.2, 0.25) is 0 Å². The van der Waals surface area contributed by atoms with E-state index in [4.69, 9.17) is 14.2 Å². The van der Waals surface area contributed by atoms with Crippen LogP contribution in [0.4, 0.5) is 0 Å². The van der Waals surface area contributed by atoms with Crippen LogP contribution < -0.4 is 0 Å². The molecule has 0 N–H and O–H groups in total. The minimum absolute atomic E-state index is 0.0631. The van der Waals surface area contributed by atoms with E-state index < -0.39 is 6.10 Å². The molecule has 2 atom stereocenters. The number of unbranched alkanes of at least 4 members (excludes halogenated alkanes) is 31. The molecule has 0 fully saturated rings. The molecule has 0 aromatic carbocycles. The molecule has 0 bridgehead atoms. The van der Waals surface area contributed by atoms with Gasteiger partial charge in [-0.05, 0) is 25.2 Å². The van der Waals surface area contributed by atoms with Crippen LogP contribution in [0, 0.1) is 5.92 Å². The van der Waals surface area contributed by atoms with Gasteiger partial charge in [0, 0.05) is 19.3 Å². The van der Waals surface area contributed by atoms with Crippen LogP contribution >= 0.6 is 0 Å². The fourth-order valence-corrected chi connectivity index (χ4v) is 7.48. The van der Waals surface area contributed by atoms with Crippen LogP contribution in [0.5, 0.6) is 0 Å². The molecule has 56 heavy (non-hydrogen) atoms. The largest absolute Gasteiger partial charge is 0.462 e. The van der Waals surface area contributed by atoms with Gasteiger partial charge >= 0.3 is 17.9 Å². The van der Waals surface area contributed by atoms with Crippen LogP contribution in [0.1, 0.15) is 278 Å². The number of hydrogen-bond acceptors (Lipinski definition) is 6. The predicted octanol–water partition coefficient (Wildman–Crippen LogP) is 15.9. The molecule has 0 saturated carbocycles. The van der Waals surface area contributed by atoms with Crippen molar-refractivity contribution >= 4 is 17.9 Å². The van der Waals surface area contributed by atoms with Crippen molar-refractivity contribution in [2.24, 2.45) is 5.92 Å². The van der Waals surface area contributed by atoms with Crippen molar-refractivity contribution in [3.8, 4) is 0 Å². The smallest absolute Gasteiger partial charge is 0.306 e. The van der Waals surface area contributed by atoms with Gasteiger partial charge in [0.25, 0.3) is 0 Å². The van der Waals surface area contributed by atoms with E-state index in [1.165, 1.54) is 173 Å². The second-order valence-electron chi connectivity index (χ2n) is 17.3. The Bertz CT molecular complexity index is 843. The number of ether oxygens (including phenoxy) is 3. The van der Waals surface area contributed by atoms with Crippen molar-refractivity contribution in [2.75, 3.05) is 13.2 Å². The summed E-state index contributed by atoms with van der Waals surface area (Å²) in [6, 6.07) is 0. The normalized spacial score (nSPS) is 12.4. The van der Waals surface area contributed by atoms with E-state index in [0.29, 0.717) is 19.3 Å². The van der Waals surface area contributed by atoms with Crippen molar-refractivity contribution in [3.63, 3.8) is 0 Å². The molecule has 0 aliphatic rings. The monoisotopic (exact) mass is 793 g/mol. The van der Waals surface area contributed by atoms with Crippen molar-refractivity contribution in [2.45, 2.75) is 284 Å². The predicted molar refractivity (Wildman–Crippen MR) is 238 cm³/mol. The van der Waals surface area contributed by atoms with Gasteiger partial charge in [0.2, 0.25) is 0 Å². The Morgan fingerprint density at radius 3 is 0.929 bits per heavy atom. The van der Waals surface area contributed by atoms with Crippen LogP contribution in [0.25, 0.3) is 0 Å². The van der Waals surface area contributed by atoms with Gasteiger partial charge in [-0.1, -0.05) is 240 Å². The summed E-state index contributed by atoms with van der Waals surface area (Å²) < 4.78 is 16.8. The number of carbonyl (C=O) groups excluding carboxylic acids is 3. The van der Waals surface area contributed by atoms with Crippen LogP contribution in [-0.2, 0) is 28.6 Å². The van der Waals surface area contributed by atoms with Gasteiger partial charge in [-0.15, -0.1) is 0 Å². The number of hydrogen-bond donors (Lipinski definition) is 0. The average molecular weight is 793 g/mol. The summed E-state index contributed by atoms with van der Waals surface area (Å²) in [6.07, 6.45) is 45.0. The van der Waals surface area contributed by atoms with Gasteiger partial charge in [0.15, 0.2) is 6.10 Å². The summed E-state index contributed by atoms with van der Waals surface area (Å²) in [5.41, 5.74) is 0. The Morgan fingerprint density at radius 2 is 0.625 bits per heavy atom. The summed E-state index contributed by atoms with van der Waals surface area (Å²) in [5.74, 6) is 0.0219. The molecule has 0 saturated heterocycles. The quantitative estimate of drug-likeness (QED) is 0.0347. The summed E-state index contributed by atoms with van der Waals surface area (Å²) in [4.78, 5) is 37.8. The SMILES string of the molecule is CCCCCCCCCCCCCCCC(=O)O[C@H](COC(=O)CCCCCCCCCCCCC)COC(=O)CCCCCCCCCCCCC(C)CC. The lowest BCUT2D eigenvalue weighted by Crippen LogP contribution is -2.30. The van der Waals surface area contributed by atoms with E-state index in [1.54, 1.807) is 0 Å². The second-order valence-corrected chi connectivity index (χ2v) is 17.3. The fourth-order valence-electron chi connectivity index (χ4n) is 7.48. The van der Waals surface area contributed by atoms with E-state index in [0.717, 1.165) is 63.7 Å². The Hall–Kier alpha value is -1.59. The van der Waals surface area contributed by atoms with Gasteiger partial charge in [-0.3, -0.25) is 14.4 Å². The minimum Gasteiger partial charge on any atom is -0.462 e. The Labute approximate surface area is 348 Å². The van der Waals surface area contributed by atoms with Gasteiger partial charge < -0.3 is 14.2 Å². The Morgan fingerprint density at radius 1 is 0.357 bits per heavy atom. The zero-order chi connectivity index (χ0) is 41.0. The first-order valence-electron chi connectivity index (χ1n) is 24.9. The molecule has 6 heteroatoms. The average Bonchev–Trinajstić information content (AvgIpc) is 3.19. The Balaban J connectivity index is 4.32. The van der Waals surface area contributed by atoms with Crippen LogP contribution in [0.15, 0.2) is 0 Å². The van der Waals surface area contributed by atoms with Gasteiger partial charge in [-0.2, -0.15) is 0 Å². The molecule has 0 aliphatic carbocycles. The highest BCUT2D eigenvalue weighted by molar-refractivity contribution is 5.71. The first kappa shape index (κ1) is 54.4. The highest BCUT2D eigenvalue weighted by Gasteiger charge is 2.19. The van der Waals surface area contributed by atoms with Crippen molar-refractivity contribution in [1.29, 1.82) is 0 Å². The van der Waals surface area contributed by atoms with Gasteiger partial charge in [0.1, 0.15) is 13.2 Å². The Kier molecular flexibility index (Phi) is 43.2. The third kappa shape index (κ3) is 42.0. The maximum atomic E-state index is 12.7. The van der Waals surface area contributed by atoms with E-state index in [1.807, 2.05) is 0 Å². The zero-order valence-electron chi connectivity index (χ0n) is 38.1. The molecule has 0 aliphatic heterocycles. The first-order chi connectivity index (χ1) is 27.4. The third-order valence-electron chi connectivity index (χ3n) is 11.7. The first-order valence-corrected chi connectivity index (χ1v) is 24.9. The van der Waals surface area contributed by atoms with E-state index >= 15 is 0 Å². The number of carbonyl (C=O) groups is 3. The summed E-state index contributed by atoms with van der Waals surface area (Å²) >= 11 is 0. The molecule has 0 radical (unpaired) electrons. The van der Waals surface area contributed by atoms with Crippen molar-refractivity contribution < 1.29 is 28.6 Å². The maximum Gasteiger partial charge on any atom is 0.306 e. The molecule has 0 rings (SSSR count). The van der Waals surface area contributed by atoms with Crippen LogP contribution in [0.3, 0.4) is 0 Å². The molecule has 0 aromatic heterocycles. The van der Waals surface area contributed by atoms with Gasteiger partial charge in [0.05, 0.1) is 0 Å². The lowest BCUT2D eigenvalue weighted by Gasteiger charge is -2.18. The molecule has 0 spiro atoms. The number of esters is 3. The van der Waals surface area contributed by atoms with E-state index in [-0.39, 0.29) is 31.1 Å². The molecule has 6 nitrogen and oxygen atoms in total. The van der Waals surface area contributed by atoms with Crippen molar-refractivity contribution in [3.05, 3.63) is 0 Å². The second kappa shape index (κ2) is 44.5. The summed E-state index contributed by atoms with van der Waals surface area (Å²) in [7, 11) is 0. The van der Waals surface area contributed by atoms with E-state index in [9.17, 15) is 14.4 Å². The van der Waals surface area contributed by atoms with Crippen molar-refractivity contribution in [1.82, 2.24) is 0 Å². The highest BCUT2D eigenvalue weighted by atomic mass is 16.6. The van der Waals surface area contributed by atoms with E-state index in [2.05, 4.69) is 27.7 Å². The lowest BCUT2D eigenvalue weighted by atomic mass is 9.99. The lowest BCUT2D eigenvalue weighted by molar-refractivity contribution is -0.167. The zero-order valence-corrected chi connectivity index (χ0v) is 38.1. The summed E-state index contributed by atoms with van der Waals surface area (Å²) in [5, 5.41) is 0. The standard InChI is InChI=1S/C50H96O6/c1-5-8-10-12-14-16-18-19-21-27-31-35-39-43-50(53)56-47(44-54-48(51)41-37-33-29-25-20-17-15-13-11-9-6-2)45-55-49(52)42-38-34-30-26-23-22-24-28-32-36-40-46(4)7-3/h46-47H,5-45H2,1-4H3/t46?,47-/m1/s1. The molecule has 0 amide bonds. The van der Waals surface area contributed by atoms with Gasteiger partial charge in [-0.25, -0.2) is 0 Å². The molecular formula is C50H96O6. The fraction of sp³-hybridized carbons (Fsp3) is 0.940. The molecule has 0 aromatic rings. The molecule has 332 valence electrons. The topological polar surface area (TPSA) is 78.9 Å². The highest BCUT2D eigenvalue weighted by Crippen LogP contribution is 2.17. The molecule has 1 unspecified atom stereocenters. The summed E-state index contributed by atoms with van der Waals surface area (Å²) in [6.45, 7) is 9.03.